The molecule has 1 aliphatic carbocycles. The number of carbonyl (C=O) groups is 2. The first-order valence-corrected chi connectivity index (χ1v) is 8.10. The second-order valence-electron chi connectivity index (χ2n) is 6.22. The minimum atomic E-state index is 0.0323. The van der Waals surface area contributed by atoms with Crippen LogP contribution in [0.5, 0.6) is 0 Å². The molecule has 5 heteroatoms. The quantitative estimate of drug-likeness (QED) is 0.894. The van der Waals surface area contributed by atoms with E-state index in [9.17, 15) is 9.59 Å². The number of nitrogens with one attached hydrogen (secondary N) is 1. The topological polar surface area (TPSA) is 75.4 Å². The Kier molecular flexibility index (Phi) is 4.43. The number of nitrogens with two attached hydrogens (primary N) is 1. The molecular weight excluding hydrogens is 278 g/mol. The molecule has 3 N–H and O–H groups in total. The third-order valence-corrected chi connectivity index (χ3v) is 4.82. The predicted molar refractivity (Wildman–Crippen MR) is 86.5 cm³/mol. The van der Waals surface area contributed by atoms with Crippen LogP contribution in [0.25, 0.3) is 0 Å². The monoisotopic (exact) mass is 301 g/mol. The first kappa shape index (κ1) is 15.0. The number of amides is 2. The van der Waals surface area contributed by atoms with Gasteiger partial charge in [0.2, 0.25) is 11.8 Å². The molecule has 1 heterocycles. The number of anilines is 2. The Morgan fingerprint density at radius 3 is 2.64 bits per heavy atom. The van der Waals surface area contributed by atoms with Crippen molar-refractivity contribution < 1.29 is 9.59 Å². The van der Waals surface area contributed by atoms with Crippen LogP contribution >= 0.6 is 0 Å². The van der Waals surface area contributed by atoms with Gasteiger partial charge in [0.05, 0.1) is 0 Å². The fourth-order valence-electron chi connectivity index (χ4n) is 3.54. The molecule has 0 spiro atoms. The van der Waals surface area contributed by atoms with E-state index in [-0.39, 0.29) is 17.7 Å². The zero-order valence-corrected chi connectivity index (χ0v) is 12.8. The summed E-state index contributed by atoms with van der Waals surface area (Å²) in [7, 11) is 0. The molecule has 1 aromatic carbocycles. The minimum absolute atomic E-state index is 0.0323. The largest absolute Gasteiger partial charge is 0.330 e. The number of rotatable bonds is 4. The minimum Gasteiger partial charge on any atom is -0.330 e. The van der Waals surface area contributed by atoms with Crippen LogP contribution in [0, 0.1) is 11.8 Å². The number of carbonyl (C=O) groups excluding carboxylic acids is 2. The van der Waals surface area contributed by atoms with Gasteiger partial charge in [-0.2, -0.15) is 0 Å². The Bertz CT molecular complexity index is 556. The number of hydrogen-bond donors (Lipinski definition) is 2. The number of hydrogen-bond acceptors (Lipinski definition) is 3. The Morgan fingerprint density at radius 2 is 2.00 bits per heavy atom. The van der Waals surface area contributed by atoms with Gasteiger partial charge in [-0.05, 0) is 56.0 Å². The summed E-state index contributed by atoms with van der Waals surface area (Å²) in [4.78, 5) is 25.9. The van der Waals surface area contributed by atoms with E-state index in [0.29, 0.717) is 18.9 Å². The van der Waals surface area contributed by atoms with Crippen molar-refractivity contribution in [1.29, 1.82) is 0 Å². The summed E-state index contributed by atoms with van der Waals surface area (Å²) < 4.78 is 0. The van der Waals surface area contributed by atoms with Gasteiger partial charge in [-0.25, -0.2) is 0 Å². The van der Waals surface area contributed by atoms with E-state index >= 15 is 0 Å². The Labute approximate surface area is 130 Å². The molecule has 22 heavy (non-hydrogen) atoms. The molecule has 5 nitrogen and oxygen atoms in total. The SMILES string of the molecule is NC[C@H]1CCC[C@H]1C(=O)Nc1ccc(N2CCCC2=O)cc1. The van der Waals surface area contributed by atoms with Crippen LogP contribution in [-0.2, 0) is 9.59 Å². The molecule has 2 aliphatic rings. The standard InChI is InChI=1S/C17H23N3O2/c18-11-12-3-1-4-15(12)17(22)19-13-6-8-14(9-7-13)20-10-2-5-16(20)21/h6-9,12,15H,1-5,10-11,18H2,(H,19,22)/t12-,15-/m1/s1. The van der Waals surface area contributed by atoms with Crippen molar-refractivity contribution in [2.45, 2.75) is 32.1 Å². The van der Waals surface area contributed by atoms with Gasteiger partial charge < -0.3 is 16.0 Å². The summed E-state index contributed by atoms with van der Waals surface area (Å²) in [6.45, 7) is 1.36. The lowest BCUT2D eigenvalue weighted by molar-refractivity contribution is -0.120. The fourth-order valence-corrected chi connectivity index (χ4v) is 3.54. The van der Waals surface area contributed by atoms with Crippen molar-refractivity contribution in [3.05, 3.63) is 24.3 Å². The molecule has 0 unspecified atom stereocenters. The third kappa shape index (κ3) is 2.99. The second kappa shape index (κ2) is 6.48. The molecule has 1 saturated carbocycles. The lowest BCUT2D eigenvalue weighted by atomic mass is 9.95. The lowest BCUT2D eigenvalue weighted by Gasteiger charge is -2.18. The van der Waals surface area contributed by atoms with Gasteiger partial charge in [0, 0.05) is 30.3 Å². The van der Waals surface area contributed by atoms with E-state index in [1.165, 1.54) is 0 Å². The summed E-state index contributed by atoms with van der Waals surface area (Å²) in [5, 5.41) is 2.98. The number of benzene rings is 1. The van der Waals surface area contributed by atoms with Gasteiger partial charge >= 0.3 is 0 Å². The molecule has 0 bridgehead atoms. The van der Waals surface area contributed by atoms with E-state index in [2.05, 4.69) is 5.32 Å². The van der Waals surface area contributed by atoms with Crippen LogP contribution in [0.3, 0.4) is 0 Å². The maximum atomic E-state index is 12.3. The molecule has 1 aliphatic heterocycles. The normalized spacial score (nSPS) is 24.8. The summed E-state index contributed by atoms with van der Waals surface area (Å²) in [6.07, 6.45) is 4.59. The van der Waals surface area contributed by atoms with Crippen LogP contribution in [0.15, 0.2) is 24.3 Å². The molecular formula is C17H23N3O2. The van der Waals surface area contributed by atoms with Crippen LogP contribution in [-0.4, -0.2) is 24.9 Å². The van der Waals surface area contributed by atoms with Gasteiger partial charge in [0.1, 0.15) is 0 Å². The molecule has 1 saturated heterocycles. The molecule has 0 aromatic heterocycles. The highest BCUT2D eigenvalue weighted by atomic mass is 16.2. The highest BCUT2D eigenvalue weighted by Gasteiger charge is 2.31. The van der Waals surface area contributed by atoms with Crippen LogP contribution < -0.4 is 16.0 Å². The Morgan fingerprint density at radius 1 is 1.23 bits per heavy atom. The van der Waals surface area contributed by atoms with Crippen LogP contribution in [0.1, 0.15) is 32.1 Å². The van der Waals surface area contributed by atoms with Crippen LogP contribution in [0.2, 0.25) is 0 Å². The third-order valence-electron chi connectivity index (χ3n) is 4.82. The Hall–Kier alpha value is -1.88. The zero-order chi connectivity index (χ0) is 15.5. The first-order valence-electron chi connectivity index (χ1n) is 8.10. The molecule has 0 radical (unpaired) electrons. The maximum absolute atomic E-state index is 12.3. The summed E-state index contributed by atoms with van der Waals surface area (Å²) >= 11 is 0. The smallest absolute Gasteiger partial charge is 0.227 e. The lowest BCUT2D eigenvalue weighted by Crippen LogP contribution is -2.29. The van der Waals surface area contributed by atoms with Crippen LogP contribution in [0.4, 0.5) is 11.4 Å². The average molecular weight is 301 g/mol. The van der Waals surface area contributed by atoms with Crippen molar-refractivity contribution in [2.24, 2.45) is 17.6 Å². The molecule has 2 fully saturated rings. The Balaban J connectivity index is 1.63. The second-order valence-corrected chi connectivity index (χ2v) is 6.22. The summed E-state index contributed by atoms with van der Waals surface area (Å²) in [6, 6.07) is 7.53. The van der Waals surface area contributed by atoms with Crippen molar-refractivity contribution >= 4 is 23.2 Å². The van der Waals surface area contributed by atoms with E-state index in [1.54, 1.807) is 4.90 Å². The van der Waals surface area contributed by atoms with E-state index in [4.69, 9.17) is 5.73 Å². The van der Waals surface area contributed by atoms with E-state index in [0.717, 1.165) is 43.6 Å². The van der Waals surface area contributed by atoms with Crippen molar-refractivity contribution in [1.82, 2.24) is 0 Å². The summed E-state index contributed by atoms with van der Waals surface area (Å²) in [5.74, 6) is 0.581. The zero-order valence-electron chi connectivity index (χ0n) is 12.8. The van der Waals surface area contributed by atoms with E-state index in [1.807, 2.05) is 24.3 Å². The molecule has 3 rings (SSSR count). The van der Waals surface area contributed by atoms with E-state index < -0.39 is 0 Å². The number of nitrogens with zero attached hydrogens (tertiary/aromatic N) is 1. The van der Waals surface area contributed by atoms with Crippen molar-refractivity contribution in [3.8, 4) is 0 Å². The molecule has 1 aromatic rings. The van der Waals surface area contributed by atoms with Crippen molar-refractivity contribution in [2.75, 3.05) is 23.3 Å². The first-order chi connectivity index (χ1) is 10.7. The van der Waals surface area contributed by atoms with Gasteiger partial charge in [0.25, 0.3) is 0 Å². The average Bonchev–Trinajstić information content (AvgIpc) is 3.16. The highest BCUT2D eigenvalue weighted by molar-refractivity contribution is 5.96. The van der Waals surface area contributed by atoms with Crippen molar-refractivity contribution in [3.63, 3.8) is 0 Å². The highest BCUT2D eigenvalue weighted by Crippen LogP contribution is 2.32. The molecule has 2 amide bonds. The van der Waals surface area contributed by atoms with Gasteiger partial charge in [-0.15, -0.1) is 0 Å². The fraction of sp³-hybridized carbons (Fsp3) is 0.529. The van der Waals surface area contributed by atoms with Gasteiger partial charge in [-0.3, -0.25) is 9.59 Å². The van der Waals surface area contributed by atoms with Gasteiger partial charge in [-0.1, -0.05) is 6.42 Å². The predicted octanol–water partition coefficient (Wildman–Crippen LogP) is 2.13. The van der Waals surface area contributed by atoms with Gasteiger partial charge in [0.15, 0.2) is 0 Å². The molecule has 2 atom stereocenters. The molecule has 118 valence electrons. The maximum Gasteiger partial charge on any atom is 0.227 e. The summed E-state index contributed by atoms with van der Waals surface area (Å²) in [5.41, 5.74) is 7.43.